The molecule has 1 N–H and O–H groups in total. The Morgan fingerprint density at radius 2 is 1.63 bits per heavy atom. The molecule has 0 aliphatic rings. The average Bonchev–Trinajstić information content (AvgIpc) is 2.68. The summed E-state index contributed by atoms with van der Waals surface area (Å²) in [6, 6.07) is 11.1. The highest BCUT2D eigenvalue weighted by Gasteiger charge is 2.25. The zero-order valence-corrected chi connectivity index (χ0v) is 16.8. The molecular formula is C20H25NO5S. The van der Waals surface area contributed by atoms with E-state index in [4.69, 9.17) is 9.47 Å². The second-order valence-electron chi connectivity index (χ2n) is 6.03. The number of rotatable bonds is 8. The van der Waals surface area contributed by atoms with Gasteiger partial charge in [-0.25, -0.2) is 8.42 Å². The van der Waals surface area contributed by atoms with Crippen molar-refractivity contribution >= 4 is 21.4 Å². The third-order valence-electron chi connectivity index (χ3n) is 4.45. The Morgan fingerprint density at radius 1 is 1.00 bits per heavy atom. The zero-order valence-electron chi connectivity index (χ0n) is 16.0. The first-order valence-electron chi connectivity index (χ1n) is 8.74. The van der Waals surface area contributed by atoms with Crippen LogP contribution >= 0.6 is 0 Å². The van der Waals surface area contributed by atoms with Crippen molar-refractivity contribution < 1.29 is 22.7 Å². The van der Waals surface area contributed by atoms with E-state index in [2.05, 4.69) is 5.32 Å². The van der Waals surface area contributed by atoms with Gasteiger partial charge in [-0.3, -0.25) is 4.79 Å². The molecule has 2 aromatic carbocycles. The van der Waals surface area contributed by atoms with Gasteiger partial charge in [0.1, 0.15) is 11.5 Å². The number of hydrogen-bond acceptors (Lipinski definition) is 5. The maximum Gasteiger partial charge on any atom is 0.255 e. The van der Waals surface area contributed by atoms with Crippen molar-refractivity contribution in [3.05, 3.63) is 48.0 Å². The van der Waals surface area contributed by atoms with Crippen molar-refractivity contribution in [1.29, 1.82) is 0 Å². The van der Waals surface area contributed by atoms with Gasteiger partial charge in [-0.2, -0.15) is 0 Å². The number of nitrogens with one attached hydrogen (secondary N) is 1. The molecule has 0 fully saturated rings. The van der Waals surface area contributed by atoms with Crippen molar-refractivity contribution in [3.8, 4) is 11.5 Å². The van der Waals surface area contributed by atoms with E-state index in [1.54, 1.807) is 37.4 Å². The van der Waals surface area contributed by atoms with Crippen molar-refractivity contribution in [2.75, 3.05) is 19.5 Å². The summed E-state index contributed by atoms with van der Waals surface area (Å²) in [5.74, 6) is 0.663. The standard InChI is InChI=1S/C20H25NO5S/c1-5-16(6-2)27(23,24)17-11-12-19(26-4)18(13-17)21-20(22)14-7-9-15(25-3)10-8-14/h7-13,16H,5-6H2,1-4H3,(H,21,22). The summed E-state index contributed by atoms with van der Waals surface area (Å²) >= 11 is 0. The lowest BCUT2D eigenvalue weighted by Crippen LogP contribution is -2.20. The lowest BCUT2D eigenvalue weighted by molar-refractivity contribution is 0.102. The van der Waals surface area contributed by atoms with Crippen molar-refractivity contribution in [2.24, 2.45) is 0 Å². The lowest BCUT2D eigenvalue weighted by atomic mass is 10.2. The number of benzene rings is 2. The third-order valence-corrected chi connectivity index (χ3v) is 6.90. The van der Waals surface area contributed by atoms with Gasteiger partial charge in [0.25, 0.3) is 5.91 Å². The van der Waals surface area contributed by atoms with Crippen LogP contribution in [0.1, 0.15) is 37.0 Å². The van der Waals surface area contributed by atoms with Gasteiger partial charge in [0.2, 0.25) is 0 Å². The highest BCUT2D eigenvalue weighted by molar-refractivity contribution is 7.92. The van der Waals surface area contributed by atoms with Crippen LogP contribution in [-0.2, 0) is 9.84 Å². The third kappa shape index (κ3) is 4.60. The van der Waals surface area contributed by atoms with E-state index in [0.29, 0.717) is 35.6 Å². The van der Waals surface area contributed by atoms with Gasteiger partial charge in [0.15, 0.2) is 9.84 Å². The molecule has 0 heterocycles. The van der Waals surface area contributed by atoms with Gasteiger partial charge < -0.3 is 14.8 Å². The molecular weight excluding hydrogens is 366 g/mol. The minimum absolute atomic E-state index is 0.169. The molecule has 0 aromatic heterocycles. The molecule has 146 valence electrons. The molecule has 1 amide bonds. The molecule has 6 nitrogen and oxygen atoms in total. The number of carbonyl (C=O) groups excluding carboxylic acids is 1. The molecule has 0 spiro atoms. The molecule has 2 rings (SSSR count). The SMILES string of the molecule is CCC(CC)S(=O)(=O)c1ccc(OC)c(NC(=O)c2ccc(OC)cc2)c1. The van der Waals surface area contributed by atoms with E-state index < -0.39 is 15.1 Å². The number of anilines is 1. The van der Waals surface area contributed by atoms with E-state index in [0.717, 1.165) is 0 Å². The molecule has 0 aliphatic carbocycles. The molecule has 0 aliphatic heterocycles. The fourth-order valence-corrected chi connectivity index (χ4v) is 4.62. The Hall–Kier alpha value is -2.54. The fraction of sp³-hybridized carbons (Fsp3) is 0.350. The van der Waals surface area contributed by atoms with Crippen LogP contribution in [-0.4, -0.2) is 33.8 Å². The summed E-state index contributed by atoms with van der Waals surface area (Å²) in [6.45, 7) is 3.70. The minimum atomic E-state index is -3.48. The Bertz CT molecular complexity index is 887. The molecule has 7 heteroatoms. The molecule has 0 saturated carbocycles. The Kier molecular flexibility index (Phi) is 6.85. The highest BCUT2D eigenvalue weighted by atomic mass is 32.2. The summed E-state index contributed by atoms with van der Waals surface area (Å²) in [7, 11) is -0.468. The first kappa shape index (κ1) is 20.8. The first-order valence-corrected chi connectivity index (χ1v) is 10.3. The molecule has 0 atom stereocenters. The predicted molar refractivity (Wildman–Crippen MR) is 105 cm³/mol. The number of methoxy groups -OCH3 is 2. The van der Waals surface area contributed by atoms with E-state index in [-0.39, 0.29) is 10.8 Å². The van der Waals surface area contributed by atoms with Gasteiger partial charge in [0, 0.05) is 5.56 Å². The summed E-state index contributed by atoms with van der Waals surface area (Å²) < 4.78 is 36.0. The Morgan fingerprint density at radius 3 is 2.15 bits per heavy atom. The molecule has 0 unspecified atom stereocenters. The molecule has 2 aromatic rings. The fourth-order valence-electron chi connectivity index (χ4n) is 2.82. The second-order valence-corrected chi connectivity index (χ2v) is 8.26. The first-order chi connectivity index (χ1) is 12.9. The van der Waals surface area contributed by atoms with Gasteiger partial charge in [-0.15, -0.1) is 0 Å². The van der Waals surface area contributed by atoms with Crippen LogP contribution < -0.4 is 14.8 Å². The van der Waals surface area contributed by atoms with Crippen LogP contribution in [0.4, 0.5) is 5.69 Å². The van der Waals surface area contributed by atoms with E-state index >= 15 is 0 Å². The van der Waals surface area contributed by atoms with Crippen LogP contribution in [0.3, 0.4) is 0 Å². The number of amides is 1. The molecule has 0 saturated heterocycles. The Balaban J connectivity index is 2.36. The zero-order chi connectivity index (χ0) is 20.0. The van der Waals surface area contributed by atoms with Crippen LogP contribution in [0, 0.1) is 0 Å². The van der Waals surface area contributed by atoms with Crippen LogP contribution in [0.15, 0.2) is 47.4 Å². The van der Waals surface area contributed by atoms with Gasteiger partial charge in [-0.1, -0.05) is 13.8 Å². The maximum absolute atomic E-state index is 12.8. The summed E-state index contributed by atoms with van der Waals surface area (Å²) in [4.78, 5) is 12.7. The van der Waals surface area contributed by atoms with E-state index in [1.807, 2.05) is 13.8 Å². The lowest BCUT2D eigenvalue weighted by Gasteiger charge is -2.16. The summed E-state index contributed by atoms with van der Waals surface area (Å²) in [5.41, 5.74) is 0.733. The highest BCUT2D eigenvalue weighted by Crippen LogP contribution is 2.30. The molecule has 0 radical (unpaired) electrons. The monoisotopic (exact) mass is 391 g/mol. The topological polar surface area (TPSA) is 81.7 Å². The average molecular weight is 391 g/mol. The smallest absolute Gasteiger partial charge is 0.255 e. The van der Waals surface area contributed by atoms with Gasteiger partial charge >= 0.3 is 0 Å². The van der Waals surface area contributed by atoms with E-state index in [1.165, 1.54) is 19.2 Å². The quantitative estimate of drug-likeness (QED) is 0.738. The van der Waals surface area contributed by atoms with Crippen molar-refractivity contribution in [1.82, 2.24) is 0 Å². The molecule has 0 bridgehead atoms. The normalized spacial score (nSPS) is 11.3. The maximum atomic E-state index is 12.8. The summed E-state index contributed by atoms with van der Waals surface area (Å²) in [5, 5.41) is 2.27. The summed E-state index contributed by atoms with van der Waals surface area (Å²) in [6.07, 6.45) is 1.05. The second kappa shape index (κ2) is 8.90. The minimum Gasteiger partial charge on any atom is -0.497 e. The van der Waals surface area contributed by atoms with E-state index in [9.17, 15) is 13.2 Å². The van der Waals surface area contributed by atoms with Gasteiger partial charge in [0.05, 0.1) is 30.1 Å². The van der Waals surface area contributed by atoms with Crippen LogP contribution in [0.5, 0.6) is 11.5 Å². The number of sulfone groups is 1. The van der Waals surface area contributed by atoms with Crippen LogP contribution in [0.2, 0.25) is 0 Å². The predicted octanol–water partition coefficient (Wildman–Crippen LogP) is 3.92. The van der Waals surface area contributed by atoms with Crippen molar-refractivity contribution in [3.63, 3.8) is 0 Å². The van der Waals surface area contributed by atoms with Crippen molar-refractivity contribution in [2.45, 2.75) is 36.8 Å². The molecule has 27 heavy (non-hydrogen) atoms. The van der Waals surface area contributed by atoms with Gasteiger partial charge in [-0.05, 0) is 55.3 Å². The number of ether oxygens (including phenoxy) is 2. The number of hydrogen-bond donors (Lipinski definition) is 1. The number of carbonyl (C=O) groups is 1. The largest absolute Gasteiger partial charge is 0.497 e. The van der Waals surface area contributed by atoms with Crippen LogP contribution in [0.25, 0.3) is 0 Å². The Labute approximate surface area is 160 Å².